The second-order valence-corrected chi connectivity index (χ2v) is 18.4. The van der Waals surface area contributed by atoms with Crippen molar-refractivity contribution in [1.82, 2.24) is 34.9 Å². The Hall–Kier alpha value is -6.03. The average molecular weight is 987 g/mol. The molecule has 364 valence electrons. The molecular formula is C48H53ClFN9O9S. The number of carbonyl (C=O) groups excluding carboxylic acids is 6. The molecule has 18 nitrogen and oxygen atoms in total. The van der Waals surface area contributed by atoms with Crippen molar-refractivity contribution in [3.05, 3.63) is 89.5 Å². The third-order valence-corrected chi connectivity index (χ3v) is 13.8. The number of hydrogen-bond donors (Lipinski definition) is 3. The van der Waals surface area contributed by atoms with Gasteiger partial charge in [-0.2, -0.15) is 0 Å². The summed E-state index contributed by atoms with van der Waals surface area (Å²) in [5.41, 5.74) is 2.05. The minimum absolute atomic E-state index is 0.0243. The molecule has 0 aliphatic carbocycles. The number of thioether (sulfide) groups is 1. The molecule has 3 N–H and O–H groups in total. The van der Waals surface area contributed by atoms with Gasteiger partial charge >= 0.3 is 0 Å². The second kappa shape index (κ2) is 23.1. The predicted octanol–water partition coefficient (Wildman–Crippen LogP) is 4.89. The number of nitrogens with one attached hydrogen (secondary N) is 3. The number of hydrogen-bond acceptors (Lipinski definition) is 15. The molecule has 4 aliphatic rings. The summed E-state index contributed by atoms with van der Waals surface area (Å²) in [6, 6.07) is 12.2. The number of anilines is 3. The number of piperidine rings is 2. The summed E-state index contributed by atoms with van der Waals surface area (Å²) in [5, 5.41) is 8.76. The Bertz CT molecular complexity index is 2610. The van der Waals surface area contributed by atoms with Crippen molar-refractivity contribution in [2.45, 2.75) is 49.1 Å². The highest BCUT2D eigenvalue weighted by molar-refractivity contribution is 7.99. The van der Waals surface area contributed by atoms with E-state index < -0.39 is 41.4 Å². The van der Waals surface area contributed by atoms with E-state index >= 15 is 0 Å². The van der Waals surface area contributed by atoms with Gasteiger partial charge in [-0.1, -0.05) is 24.2 Å². The third-order valence-electron chi connectivity index (χ3n) is 12.5. The van der Waals surface area contributed by atoms with Crippen LogP contribution in [0.15, 0.2) is 72.4 Å². The first-order valence-electron chi connectivity index (χ1n) is 22.9. The molecule has 3 saturated heterocycles. The van der Waals surface area contributed by atoms with Gasteiger partial charge < -0.3 is 34.6 Å². The molecule has 0 radical (unpaired) electrons. The highest BCUT2D eigenvalue weighted by Gasteiger charge is 2.45. The van der Waals surface area contributed by atoms with E-state index in [1.165, 1.54) is 36.3 Å². The topological polar surface area (TPSA) is 205 Å². The van der Waals surface area contributed by atoms with Crippen LogP contribution in [0.5, 0.6) is 5.75 Å². The fraction of sp³-hybridized carbons (Fsp3) is 0.417. The summed E-state index contributed by atoms with van der Waals surface area (Å²) in [6.07, 6.45) is 5.58. The molecule has 1 atom stereocenters. The number of ether oxygens (including phenoxy) is 3. The van der Waals surface area contributed by atoms with E-state index in [2.05, 4.69) is 42.3 Å². The monoisotopic (exact) mass is 985 g/mol. The zero-order valence-electron chi connectivity index (χ0n) is 37.9. The SMILES string of the molecule is C=CC(=O)Nc1cc2c(Nc3ccc(F)c(Cl)c3)ncnc2cc1OCCCN1CCC(N2CCN(C(=O)COCCOCCSc3cccc4c3C(=O)N(C3CCC(=O)NC3=O)C4=O)CC2)CC1. The number of fused-ring (bicyclic) bond motifs is 2. The summed E-state index contributed by atoms with van der Waals surface area (Å²) < 4.78 is 31.3. The van der Waals surface area contributed by atoms with Crippen LogP contribution in [-0.2, 0) is 28.7 Å². The van der Waals surface area contributed by atoms with Crippen molar-refractivity contribution in [1.29, 1.82) is 0 Å². The maximum Gasteiger partial charge on any atom is 0.263 e. The number of halogens is 2. The zero-order valence-corrected chi connectivity index (χ0v) is 39.5. The van der Waals surface area contributed by atoms with Crippen LogP contribution in [-0.4, -0.2) is 162 Å². The quantitative estimate of drug-likeness (QED) is 0.0467. The lowest BCUT2D eigenvalue weighted by molar-refractivity contribution is -0.139. The Morgan fingerprint density at radius 2 is 1.72 bits per heavy atom. The number of nitrogens with zero attached hydrogens (tertiary/aromatic N) is 6. The van der Waals surface area contributed by atoms with Gasteiger partial charge in [0, 0.05) is 73.0 Å². The molecule has 21 heteroatoms. The molecule has 3 aromatic carbocycles. The van der Waals surface area contributed by atoms with Crippen LogP contribution in [0.3, 0.4) is 0 Å². The van der Waals surface area contributed by atoms with Gasteiger partial charge in [0.05, 0.1) is 53.8 Å². The van der Waals surface area contributed by atoms with Crippen LogP contribution < -0.4 is 20.7 Å². The Balaban J connectivity index is 0.695. The van der Waals surface area contributed by atoms with Crippen LogP contribution in [0.2, 0.25) is 5.02 Å². The second-order valence-electron chi connectivity index (χ2n) is 16.9. The van der Waals surface area contributed by atoms with Gasteiger partial charge in [-0.25, -0.2) is 14.4 Å². The lowest BCUT2D eigenvalue weighted by atomic mass is 10.0. The van der Waals surface area contributed by atoms with Gasteiger partial charge in [0.1, 0.15) is 36.4 Å². The summed E-state index contributed by atoms with van der Waals surface area (Å²) in [4.78, 5) is 92.9. The number of amides is 6. The van der Waals surface area contributed by atoms with Crippen molar-refractivity contribution < 1.29 is 47.4 Å². The molecule has 0 bridgehead atoms. The number of aromatic nitrogens is 2. The first-order valence-corrected chi connectivity index (χ1v) is 24.3. The minimum atomic E-state index is -1.02. The predicted molar refractivity (Wildman–Crippen MR) is 256 cm³/mol. The van der Waals surface area contributed by atoms with Crippen LogP contribution in [0.4, 0.5) is 21.6 Å². The summed E-state index contributed by atoms with van der Waals surface area (Å²) in [7, 11) is 0. The lowest BCUT2D eigenvalue weighted by Gasteiger charge is -2.42. The molecule has 69 heavy (non-hydrogen) atoms. The number of benzene rings is 3. The average Bonchev–Trinajstić information content (AvgIpc) is 3.61. The van der Waals surface area contributed by atoms with E-state index in [1.54, 1.807) is 36.4 Å². The molecule has 1 unspecified atom stereocenters. The Morgan fingerprint density at radius 1 is 0.928 bits per heavy atom. The highest BCUT2D eigenvalue weighted by atomic mass is 35.5. The van der Waals surface area contributed by atoms with Gasteiger partial charge in [0.25, 0.3) is 11.8 Å². The van der Waals surface area contributed by atoms with Crippen molar-refractivity contribution in [2.75, 3.05) is 95.2 Å². The number of piperazine rings is 1. The number of carbonyl (C=O) groups is 6. The summed E-state index contributed by atoms with van der Waals surface area (Å²) in [5.74, 6) is -1.73. The highest BCUT2D eigenvalue weighted by Crippen LogP contribution is 2.36. The van der Waals surface area contributed by atoms with Gasteiger partial charge in [-0.05, 0) is 81.2 Å². The molecule has 0 spiro atoms. The Kier molecular flexibility index (Phi) is 16.5. The maximum absolute atomic E-state index is 13.8. The van der Waals surface area contributed by atoms with Gasteiger partial charge in [-0.3, -0.25) is 43.9 Å². The van der Waals surface area contributed by atoms with Gasteiger partial charge in [-0.15, -0.1) is 11.8 Å². The van der Waals surface area contributed by atoms with Crippen LogP contribution >= 0.6 is 23.4 Å². The van der Waals surface area contributed by atoms with E-state index in [4.69, 9.17) is 25.8 Å². The molecule has 0 saturated carbocycles. The Morgan fingerprint density at radius 3 is 2.49 bits per heavy atom. The molecule has 8 rings (SSSR count). The van der Waals surface area contributed by atoms with Crippen molar-refractivity contribution in [2.24, 2.45) is 0 Å². The smallest absolute Gasteiger partial charge is 0.263 e. The largest absolute Gasteiger partial charge is 0.491 e. The molecule has 3 fully saturated rings. The molecule has 4 aliphatic heterocycles. The van der Waals surface area contributed by atoms with E-state index in [1.807, 2.05) is 4.90 Å². The fourth-order valence-corrected chi connectivity index (χ4v) is 10.0. The number of rotatable bonds is 20. The summed E-state index contributed by atoms with van der Waals surface area (Å²) in [6.45, 7) is 10.5. The van der Waals surface area contributed by atoms with E-state index in [0.717, 1.165) is 56.9 Å². The van der Waals surface area contributed by atoms with Crippen LogP contribution in [0.1, 0.15) is 52.8 Å². The first kappa shape index (κ1) is 49.4. The van der Waals surface area contributed by atoms with Crippen molar-refractivity contribution >= 4 is 86.9 Å². The van der Waals surface area contributed by atoms with E-state index in [9.17, 15) is 33.2 Å². The summed E-state index contributed by atoms with van der Waals surface area (Å²) >= 11 is 7.35. The van der Waals surface area contributed by atoms with Crippen LogP contribution in [0.25, 0.3) is 10.9 Å². The Labute approximate surface area is 407 Å². The molecule has 4 aromatic rings. The standard InChI is InChI=1S/C48H53ClFN9O9S/c1-2-41(60)54-37-26-33-36(51-29-52-45(33)53-30-7-8-35(50)34(49)25-30)27-39(37)68-20-4-13-56-14-11-31(12-15-56)57-16-18-58(19-17-57)43(62)28-67-22-21-66-23-24-69-40-6-3-5-32-44(40)48(65)59(47(32)64)38-9-10-42(61)55-46(38)63/h2-3,5-8,25-27,29,31,38H,1,4,9-24,28H2,(H,54,60)(H,51,52,53)(H,55,61,63). The minimum Gasteiger partial charge on any atom is -0.491 e. The first-order chi connectivity index (χ1) is 33.5. The molecule has 6 amide bonds. The zero-order chi connectivity index (χ0) is 48.4. The van der Waals surface area contributed by atoms with Crippen molar-refractivity contribution in [3.63, 3.8) is 0 Å². The maximum atomic E-state index is 13.8. The van der Waals surface area contributed by atoms with Crippen molar-refractivity contribution in [3.8, 4) is 5.75 Å². The molecule has 5 heterocycles. The number of likely N-dealkylation sites (tertiary alicyclic amines) is 1. The number of imide groups is 2. The van der Waals surface area contributed by atoms with Gasteiger partial charge in [0.2, 0.25) is 23.6 Å². The lowest BCUT2D eigenvalue weighted by Crippen LogP contribution is -2.54. The molecular weight excluding hydrogens is 933 g/mol. The van der Waals surface area contributed by atoms with E-state index in [-0.39, 0.29) is 54.7 Å². The molecule has 1 aromatic heterocycles. The van der Waals surface area contributed by atoms with Gasteiger partial charge in [0.15, 0.2) is 0 Å². The fourth-order valence-electron chi connectivity index (χ4n) is 8.90. The third kappa shape index (κ3) is 12.1. The van der Waals surface area contributed by atoms with E-state index in [0.29, 0.717) is 76.8 Å². The normalized spacial score (nSPS) is 18.1. The van der Waals surface area contributed by atoms with Crippen LogP contribution in [0, 0.1) is 5.82 Å².